The highest BCUT2D eigenvalue weighted by Crippen LogP contribution is 2.21. The molecule has 100 valence electrons. The van der Waals surface area contributed by atoms with Crippen LogP contribution in [0.25, 0.3) is 0 Å². The van der Waals surface area contributed by atoms with E-state index in [0.717, 1.165) is 6.07 Å². The number of halogens is 3. The minimum Gasteiger partial charge on any atom is -0.349 e. The Bertz CT molecular complexity index is 494. The zero-order valence-corrected chi connectivity index (χ0v) is 9.91. The number of aryl methyl sites for hydroxylation is 1. The van der Waals surface area contributed by atoms with Crippen LogP contribution in [0.2, 0.25) is 0 Å². The summed E-state index contributed by atoms with van der Waals surface area (Å²) in [6.45, 7) is 1.26. The summed E-state index contributed by atoms with van der Waals surface area (Å²) in [6, 6.07) is 1.41. The SMILES string of the molecule is CC(CC(F)(F)F)NC(=O)c1ccn(C)c(=O)c1. The smallest absolute Gasteiger partial charge is 0.349 e. The second kappa shape index (κ2) is 5.24. The number of amides is 1. The van der Waals surface area contributed by atoms with Crippen molar-refractivity contribution in [3.63, 3.8) is 0 Å². The Morgan fingerprint density at radius 2 is 2.11 bits per heavy atom. The topological polar surface area (TPSA) is 51.1 Å². The molecule has 0 spiro atoms. The van der Waals surface area contributed by atoms with E-state index in [2.05, 4.69) is 5.32 Å². The van der Waals surface area contributed by atoms with Crippen molar-refractivity contribution in [1.29, 1.82) is 0 Å². The number of alkyl halides is 3. The zero-order valence-electron chi connectivity index (χ0n) is 9.91. The number of hydrogen-bond donors (Lipinski definition) is 1. The molecule has 18 heavy (non-hydrogen) atoms. The largest absolute Gasteiger partial charge is 0.391 e. The van der Waals surface area contributed by atoms with Gasteiger partial charge < -0.3 is 9.88 Å². The van der Waals surface area contributed by atoms with Crippen LogP contribution >= 0.6 is 0 Å². The highest BCUT2D eigenvalue weighted by atomic mass is 19.4. The fourth-order valence-corrected chi connectivity index (χ4v) is 1.40. The molecule has 1 atom stereocenters. The van der Waals surface area contributed by atoms with Crippen LogP contribution in [-0.2, 0) is 7.05 Å². The summed E-state index contributed by atoms with van der Waals surface area (Å²) in [5.74, 6) is -0.690. The second-order valence-electron chi connectivity index (χ2n) is 4.06. The lowest BCUT2D eigenvalue weighted by Gasteiger charge is -2.15. The van der Waals surface area contributed by atoms with Crippen LogP contribution in [-0.4, -0.2) is 22.7 Å². The molecule has 0 saturated heterocycles. The van der Waals surface area contributed by atoms with Crippen molar-refractivity contribution in [3.05, 3.63) is 34.2 Å². The molecule has 1 heterocycles. The molecule has 0 bridgehead atoms. The fourth-order valence-electron chi connectivity index (χ4n) is 1.40. The molecule has 1 rings (SSSR count). The third-order valence-electron chi connectivity index (χ3n) is 2.28. The summed E-state index contributed by atoms with van der Waals surface area (Å²) in [4.78, 5) is 22.8. The zero-order chi connectivity index (χ0) is 13.9. The van der Waals surface area contributed by atoms with Gasteiger partial charge in [0.1, 0.15) is 0 Å². The van der Waals surface area contributed by atoms with Crippen molar-refractivity contribution >= 4 is 5.91 Å². The van der Waals surface area contributed by atoms with Crippen molar-refractivity contribution in [3.8, 4) is 0 Å². The lowest BCUT2D eigenvalue weighted by molar-refractivity contribution is -0.138. The quantitative estimate of drug-likeness (QED) is 0.896. The van der Waals surface area contributed by atoms with Gasteiger partial charge in [-0.15, -0.1) is 0 Å². The molecular formula is C11H13F3N2O2. The molecule has 0 aliphatic carbocycles. The molecule has 1 N–H and O–H groups in total. The number of carbonyl (C=O) groups is 1. The van der Waals surface area contributed by atoms with Gasteiger partial charge in [0.05, 0.1) is 6.42 Å². The number of carbonyl (C=O) groups excluding carboxylic acids is 1. The summed E-state index contributed by atoms with van der Waals surface area (Å²) in [7, 11) is 1.51. The molecule has 1 unspecified atom stereocenters. The summed E-state index contributed by atoms with van der Waals surface area (Å²) in [6.07, 6.45) is -4.06. The molecule has 1 amide bonds. The summed E-state index contributed by atoms with van der Waals surface area (Å²) in [5.41, 5.74) is -0.349. The molecular weight excluding hydrogens is 249 g/mol. The number of rotatable bonds is 3. The van der Waals surface area contributed by atoms with Crippen LogP contribution in [0.4, 0.5) is 13.2 Å². The second-order valence-corrected chi connectivity index (χ2v) is 4.06. The van der Waals surface area contributed by atoms with Crippen molar-refractivity contribution < 1.29 is 18.0 Å². The number of pyridine rings is 1. The van der Waals surface area contributed by atoms with Crippen LogP contribution in [0.3, 0.4) is 0 Å². The van der Waals surface area contributed by atoms with E-state index >= 15 is 0 Å². The van der Waals surface area contributed by atoms with Gasteiger partial charge in [0.2, 0.25) is 0 Å². The minimum atomic E-state index is -4.33. The normalized spacial score (nSPS) is 13.2. The van der Waals surface area contributed by atoms with Crippen molar-refractivity contribution in [2.75, 3.05) is 0 Å². The van der Waals surface area contributed by atoms with Gasteiger partial charge in [0.15, 0.2) is 0 Å². The Morgan fingerprint density at radius 1 is 1.50 bits per heavy atom. The van der Waals surface area contributed by atoms with Gasteiger partial charge in [0, 0.05) is 30.9 Å². The van der Waals surface area contributed by atoms with E-state index in [1.165, 1.54) is 30.8 Å². The van der Waals surface area contributed by atoms with E-state index in [0.29, 0.717) is 0 Å². The van der Waals surface area contributed by atoms with E-state index in [-0.39, 0.29) is 5.56 Å². The van der Waals surface area contributed by atoms with Crippen LogP contribution in [0.5, 0.6) is 0 Å². The Kier molecular flexibility index (Phi) is 4.15. The molecule has 1 aromatic heterocycles. The molecule has 0 fully saturated rings. The summed E-state index contributed by atoms with van der Waals surface area (Å²) < 4.78 is 37.5. The maximum Gasteiger partial charge on any atom is 0.391 e. The standard InChI is InChI=1S/C11H13F3N2O2/c1-7(6-11(12,13)14)15-10(18)8-3-4-16(2)9(17)5-8/h3-5,7H,6H2,1-2H3,(H,15,18). The Balaban J connectivity index is 2.71. The van der Waals surface area contributed by atoms with E-state index in [4.69, 9.17) is 0 Å². The number of aromatic nitrogens is 1. The highest BCUT2D eigenvalue weighted by molar-refractivity contribution is 5.94. The molecule has 7 heteroatoms. The molecule has 0 saturated carbocycles. The monoisotopic (exact) mass is 262 g/mol. The van der Waals surface area contributed by atoms with E-state index in [1.54, 1.807) is 0 Å². The Labute approximate surface area is 101 Å². The number of nitrogens with zero attached hydrogens (tertiary/aromatic N) is 1. The molecule has 0 aromatic carbocycles. The first-order chi connectivity index (χ1) is 8.19. The lowest BCUT2D eigenvalue weighted by atomic mass is 10.2. The van der Waals surface area contributed by atoms with E-state index < -0.39 is 30.1 Å². The maximum atomic E-state index is 12.1. The average Bonchev–Trinajstić information content (AvgIpc) is 2.18. The third kappa shape index (κ3) is 4.23. The number of hydrogen-bond acceptors (Lipinski definition) is 2. The molecule has 0 aliphatic rings. The van der Waals surface area contributed by atoms with E-state index in [9.17, 15) is 22.8 Å². The van der Waals surface area contributed by atoms with Gasteiger partial charge in [0.25, 0.3) is 11.5 Å². The van der Waals surface area contributed by atoms with Crippen molar-refractivity contribution in [2.24, 2.45) is 7.05 Å². The maximum absolute atomic E-state index is 12.1. The van der Waals surface area contributed by atoms with Gasteiger partial charge in [-0.3, -0.25) is 9.59 Å². The summed E-state index contributed by atoms with van der Waals surface area (Å²) in [5, 5.41) is 2.19. The highest BCUT2D eigenvalue weighted by Gasteiger charge is 2.30. The summed E-state index contributed by atoms with van der Waals surface area (Å²) >= 11 is 0. The molecule has 0 aliphatic heterocycles. The first-order valence-corrected chi connectivity index (χ1v) is 5.23. The van der Waals surface area contributed by atoms with Crippen molar-refractivity contribution in [1.82, 2.24) is 9.88 Å². The Hall–Kier alpha value is -1.79. The van der Waals surface area contributed by atoms with Gasteiger partial charge in [-0.05, 0) is 13.0 Å². The Morgan fingerprint density at radius 3 is 2.61 bits per heavy atom. The van der Waals surface area contributed by atoms with Gasteiger partial charge >= 0.3 is 6.18 Å². The molecule has 1 aromatic rings. The third-order valence-corrected chi connectivity index (χ3v) is 2.28. The predicted molar refractivity (Wildman–Crippen MR) is 59.3 cm³/mol. The van der Waals surface area contributed by atoms with Crippen molar-refractivity contribution in [2.45, 2.75) is 25.6 Å². The molecule has 0 radical (unpaired) electrons. The van der Waals surface area contributed by atoms with Crippen LogP contribution in [0.15, 0.2) is 23.1 Å². The predicted octanol–water partition coefficient (Wildman–Crippen LogP) is 1.46. The van der Waals surface area contributed by atoms with Gasteiger partial charge in [-0.1, -0.05) is 0 Å². The lowest BCUT2D eigenvalue weighted by Crippen LogP contribution is -2.36. The molecule has 4 nitrogen and oxygen atoms in total. The van der Waals surface area contributed by atoms with Crippen LogP contribution in [0.1, 0.15) is 23.7 Å². The first-order valence-electron chi connectivity index (χ1n) is 5.23. The van der Waals surface area contributed by atoms with E-state index in [1.807, 2.05) is 0 Å². The van der Waals surface area contributed by atoms with Gasteiger partial charge in [-0.2, -0.15) is 13.2 Å². The van der Waals surface area contributed by atoms with Crippen LogP contribution in [0, 0.1) is 0 Å². The van der Waals surface area contributed by atoms with Gasteiger partial charge in [-0.25, -0.2) is 0 Å². The average molecular weight is 262 g/mol. The first kappa shape index (κ1) is 14.3. The fraction of sp³-hybridized carbons (Fsp3) is 0.455. The number of nitrogens with one attached hydrogen (secondary N) is 1. The minimum absolute atomic E-state index is 0.0483. The van der Waals surface area contributed by atoms with Crippen LogP contribution < -0.4 is 10.9 Å².